The summed E-state index contributed by atoms with van der Waals surface area (Å²) in [6.07, 6.45) is 4.34. The van der Waals surface area contributed by atoms with E-state index in [2.05, 4.69) is 4.98 Å². The van der Waals surface area contributed by atoms with Crippen LogP contribution in [0.15, 0.2) is 36.8 Å². The highest BCUT2D eigenvalue weighted by Gasteiger charge is 2.08. The lowest BCUT2D eigenvalue weighted by molar-refractivity contribution is -0.136. The molecular formula is C13H14N2O2. The van der Waals surface area contributed by atoms with Gasteiger partial charge in [-0.1, -0.05) is 24.3 Å². The van der Waals surface area contributed by atoms with Crippen molar-refractivity contribution in [2.45, 2.75) is 12.8 Å². The van der Waals surface area contributed by atoms with E-state index in [0.29, 0.717) is 6.42 Å². The molecule has 0 unspecified atom stereocenters. The van der Waals surface area contributed by atoms with E-state index >= 15 is 0 Å². The lowest BCUT2D eigenvalue weighted by Crippen LogP contribution is -1.99. The van der Waals surface area contributed by atoms with E-state index in [-0.39, 0.29) is 6.42 Å². The molecule has 1 aromatic carbocycles. The molecule has 1 aromatic heterocycles. The standard InChI is InChI=1S/C13H14N2O2/c1-15-8-12(14-9-15)11-5-3-2-4-10(11)6-7-13(16)17/h2-5,8-9H,6-7H2,1H3,(H,16,17). The van der Waals surface area contributed by atoms with Crippen LogP contribution in [-0.4, -0.2) is 20.6 Å². The van der Waals surface area contributed by atoms with Gasteiger partial charge in [0.2, 0.25) is 0 Å². The predicted molar refractivity (Wildman–Crippen MR) is 64.6 cm³/mol. The van der Waals surface area contributed by atoms with Gasteiger partial charge in [0.05, 0.1) is 12.0 Å². The van der Waals surface area contributed by atoms with E-state index in [4.69, 9.17) is 5.11 Å². The third kappa shape index (κ3) is 2.72. The summed E-state index contributed by atoms with van der Waals surface area (Å²) in [6.45, 7) is 0. The molecule has 0 aliphatic heterocycles. The molecular weight excluding hydrogens is 216 g/mol. The molecule has 0 bridgehead atoms. The molecule has 0 fully saturated rings. The first-order valence-electron chi connectivity index (χ1n) is 5.45. The third-order valence-corrected chi connectivity index (χ3v) is 2.61. The molecule has 2 aromatic rings. The van der Waals surface area contributed by atoms with Gasteiger partial charge in [0.15, 0.2) is 0 Å². The van der Waals surface area contributed by atoms with Crippen LogP contribution in [0.1, 0.15) is 12.0 Å². The Balaban J connectivity index is 2.30. The fourth-order valence-electron chi connectivity index (χ4n) is 1.78. The van der Waals surface area contributed by atoms with Crippen molar-refractivity contribution < 1.29 is 9.90 Å². The Labute approximate surface area is 99.5 Å². The molecule has 4 nitrogen and oxygen atoms in total. The van der Waals surface area contributed by atoms with Crippen LogP contribution >= 0.6 is 0 Å². The molecule has 0 saturated heterocycles. The molecule has 0 aliphatic carbocycles. The molecule has 88 valence electrons. The van der Waals surface area contributed by atoms with E-state index in [1.54, 1.807) is 6.33 Å². The van der Waals surface area contributed by atoms with Gasteiger partial charge in [-0.25, -0.2) is 4.98 Å². The normalized spacial score (nSPS) is 10.4. The van der Waals surface area contributed by atoms with Gasteiger partial charge in [-0.05, 0) is 12.0 Å². The van der Waals surface area contributed by atoms with Gasteiger partial charge in [0.25, 0.3) is 0 Å². The van der Waals surface area contributed by atoms with E-state index in [9.17, 15) is 4.79 Å². The summed E-state index contributed by atoms with van der Waals surface area (Å²) in [7, 11) is 1.91. The van der Waals surface area contributed by atoms with Crippen LogP contribution in [0.3, 0.4) is 0 Å². The Morgan fingerprint density at radius 2 is 2.18 bits per heavy atom. The monoisotopic (exact) mass is 230 g/mol. The lowest BCUT2D eigenvalue weighted by Gasteiger charge is -2.05. The molecule has 2 rings (SSSR count). The summed E-state index contributed by atoms with van der Waals surface area (Å²) in [5.74, 6) is -0.777. The summed E-state index contributed by atoms with van der Waals surface area (Å²) in [6, 6.07) is 7.78. The second-order valence-electron chi connectivity index (χ2n) is 3.98. The van der Waals surface area contributed by atoms with Gasteiger partial charge in [0.1, 0.15) is 0 Å². The SMILES string of the molecule is Cn1cnc(-c2ccccc2CCC(=O)O)c1. The molecule has 0 spiro atoms. The summed E-state index contributed by atoms with van der Waals surface area (Å²) >= 11 is 0. The largest absolute Gasteiger partial charge is 0.481 e. The number of imidazole rings is 1. The van der Waals surface area contributed by atoms with Crippen LogP contribution < -0.4 is 0 Å². The van der Waals surface area contributed by atoms with E-state index in [0.717, 1.165) is 16.8 Å². The van der Waals surface area contributed by atoms with Crippen molar-refractivity contribution in [3.63, 3.8) is 0 Å². The van der Waals surface area contributed by atoms with E-state index in [1.807, 2.05) is 42.1 Å². The van der Waals surface area contributed by atoms with Crippen molar-refractivity contribution in [1.29, 1.82) is 0 Å². The summed E-state index contributed by atoms with van der Waals surface area (Å²) in [5.41, 5.74) is 2.91. The molecule has 0 saturated carbocycles. The minimum Gasteiger partial charge on any atom is -0.481 e. The molecule has 17 heavy (non-hydrogen) atoms. The maximum absolute atomic E-state index is 10.6. The van der Waals surface area contributed by atoms with Crippen molar-refractivity contribution in [2.24, 2.45) is 7.05 Å². The van der Waals surface area contributed by atoms with Crippen molar-refractivity contribution in [3.05, 3.63) is 42.4 Å². The second kappa shape index (κ2) is 4.82. The number of hydrogen-bond donors (Lipinski definition) is 1. The Morgan fingerprint density at radius 1 is 1.41 bits per heavy atom. The number of hydrogen-bond acceptors (Lipinski definition) is 2. The van der Waals surface area contributed by atoms with Crippen molar-refractivity contribution in [3.8, 4) is 11.3 Å². The zero-order valence-electron chi connectivity index (χ0n) is 9.63. The molecule has 0 aliphatic rings. The average molecular weight is 230 g/mol. The fraction of sp³-hybridized carbons (Fsp3) is 0.231. The minimum absolute atomic E-state index is 0.143. The first-order chi connectivity index (χ1) is 8.16. The number of carboxylic acids is 1. The Hall–Kier alpha value is -2.10. The van der Waals surface area contributed by atoms with Gasteiger partial charge in [-0.3, -0.25) is 4.79 Å². The molecule has 1 N–H and O–H groups in total. The van der Waals surface area contributed by atoms with Crippen LogP contribution in [0.4, 0.5) is 0 Å². The number of aromatic nitrogens is 2. The third-order valence-electron chi connectivity index (χ3n) is 2.61. The van der Waals surface area contributed by atoms with Gasteiger partial charge < -0.3 is 9.67 Å². The number of carbonyl (C=O) groups is 1. The molecule has 1 heterocycles. The van der Waals surface area contributed by atoms with E-state index < -0.39 is 5.97 Å². The molecule has 0 radical (unpaired) electrons. The first kappa shape index (κ1) is 11.4. The summed E-state index contributed by atoms with van der Waals surface area (Å²) in [5, 5.41) is 8.72. The fourth-order valence-corrected chi connectivity index (χ4v) is 1.78. The van der Waals surface area contributed by atoms with Crippen LogP contribution in [0.25, 0.3) is 11.3 Å². The first-order valence-corrected chi connectivity index (χ1v) is 5.45. The molecule has 0 atom stereocenters. The van der Waals surface area contributed by atoms with Gasteiger partial charge in [-0.15, -0.1) is 0 Å². The predicted octanol–water partition coefficient (Wildman–Crippen LogP) is 2.10. The van der Waals surface area contributed by atoms with Crippen LogP contribution in [0.2, 0.25) is 0 Å². The van der Waals surface area contributed by atoms with Crippen molar-refractivity contribution in [2.75, 3.05) is 0 Å². The average Bonchev–Trinajstić information content (AvgIpc) is 2.73. The van der Waals surface area contributed by atoms with Gasteiger partial charge >= 0.3 is 5.97 Å². The van der Waals surface area contributed by atoms with Crippen molar-refractivity contribution >= 4 is 5.97 Å². The highest BCUT2D eigenvalue weighted by molar-refractivity contribution is 5.69. The van der Waals surface area contributed by atoms with Crippen LogP contribution in [-0.2, 0) is 18.3 Å². The smallest absolute Gasteiger partial charge is 0.303 e. The van der Waals surface area contributed by atoms with Crippen LogP contribution in [0.5, 0.6) is 0 Å². The highest BCUT2D eigenvalue weighted by atomic mass is 16.4. The minimum atomic E-state index is -0.777. The summed E-state index contributed by atoms with van der Waals surface area (Å²) < 4.78 is 1.88. The van der Waals surface area contributed by atoms with Gasteiger partial charge in [0, 0.05) is 25.2 Å². The Morgan fingerprint density at radius 3 is 2.82 bits per heavy atom. The second-order valence-corrected chi connectivity index (χ2v) is 3.98. The number of rotatable bonds is 4. The number of nitrogens with zero attached hydrogens (tertiary/aromatic N) is 2. The quantitative estimate of drug-likeness (QED) is 0.875. The van der Waals surface area contributed by atoms with Crippen LogP contribution in [0, 0.1) is 0 Å². The lowest BCUT2D eigenvalue weighted by atomic mass is 10.0. The zero-order chi connectivity index (χ0) is 12.3. The summed E-state index contributed by atoms with van der Waals surface area (Å²) in [4.78, 5) is 14.9. The number of benzene rings is 1. The van der Waals surface area contributed by atoms with Crippen molar-refractivity contribution in [1.82, 2.24) is 9.55 Å². The van der Waals surface area contributed by atoms with Gasteiger partial charge in [-0.2, -0.15) is 0 Å². The number of carboxylic acid groups (broad SMARTS) is 1. The van der Waals surface area contributed by atoms with E-state index in [1.165, 1.54) is 0 Å². The Bertz CT molecular complexity index is 532. The molecule has 4 heteroatoms. The number of aryl methyl sites for hydroxylation is 2. The maximum Gasteiger partial charge on any atom is 0.303 e. The number of aliphatic carboxylic acids is 1. The topological polar surface area (TPSA) is 55.1 Å². The Kier molecular flexibility index (Phi) is 3.23. The highest BCUT2D eigenvalue weighted by Crippen LogP contribution is 2.22. The maximum atomic E-state index is 10.6. The zero-order valence-corrected chi connectivity index (χ0v) is 9.63. The molecule has 0 amide bonds.